The molecule has 0 aliphatic carbocycles. The zero-order valence-electron chi connectivity index (χ0n) is 13.6. The maximum atomic E-state index is 12.2. The van der Waals surface area contributed by atoms with E-state index in [-0.39, 0.29) is 24.2 Å². The molecule has 2 aromatic rings. The molecule has 1 saturated heterocycles. The Morgan fingerprint density at radius 3 is 2.68 bits per heavy atom. The van der Waals surface area contributed by atoms with Gasteiger partial charge in [-0.25, -0.2) is 9.97 Å². The molecule has 1 atom stereocenters. The molecule has 0 radical (unpaired) electrons. The smallest absolute Gasteiger partial charge is 0.251 e. The van der Waals surface area contributed by atoms with Crippen LogP contribution in [0.1, 0.15) is 18.9 Å². The second-order valence-electron chi connectivity index (χ2n) is 5.36. The number of nitrogens with zero attached hydrogens (tertiary/aromatic N) is 3. The molecular formula is C17H17N5O2S. The predicted octanol–water partition coefficient (Wildman–Crippen LogP) is 2.29. The van der Waals surface area contributed by atoms with Gasteiger partial charge in [0, 0.05) is 24.5 Å². The van der Waals surface area contributed by atoms with Gasteiger partial charge < -0.3 is 10.6 Å². The fraction of sp³-hybridized carbons (Fsp3) is 0.235. The standard InChI is InChI=1S/C17H17N5O2S/c1-2-11-4-6-12(7-5-11)20-14(23)10-13-15(24)21-17(25-13)22-16-18-8-3-9-19-16/h3-9,13H,2,10H2,1H3,(H,20,23)(H,18,19,21,22,24). The highest BCUT2D eigenvalue weighted by Gasteiger charge is 2.32. The monoisotopic (exact) mass is 355 g/mol. The van der Waals surface area contributed by atoms with E-state index in [1.165, 1.54) is 17.3 Å². The van der Waals surface area contributed by atoms with Gasteiger partial charge in [0.25, 0.3) is 5.95 Å². The van der Waals surface area contributed by atoms with Gasteiger partial charge in [-0.1, -0.05) is 30.8 Å². The highest BCUT2D eigenvalue weighted by molar-refractivity contribution is 8.15. The number of rotatable bonds is 5. The molecule has 0 spiro atoms. The van der Waals surface area contributed by atoms with Crippen molar-refractivity contribution in [3.05, 3.63) is 48.3 Å². The Balaban J connectivity index is 1.58. The fourth-order valence-corrected chi connectivity index (χ4v) is 3.20. The minimum atomic E-state index is -0.516. The Labute approximate surface area is 149 Å². The second-order valence-corrected chi connectivity index (χ2v) is 6.56. The van der Waals surface area contributed by atoms with Gasteiger partial charge in [-0.3, -0.25) is 9.59 Å². The van der Waals surface area contributed by atoms with Gasteiger partial charge in [0.05, 0.1) is 0 Å². The molecule has 8 heteroatoms. The molecule has 7 nitrogen and oxygen atoms in total. The molecule has 1 fully saturated rings. The van der Waals surface area contributed by atoms with Gasteiger partial charge >= 0.3 is 0 Å². The zero-order valence-corrected chi connectivity index (χ0v) is 14.4. The van der Waals surface area contributed by atoms with E-state index in [1.54, 1.807) is 18.5 Å². The predicted molar refractivity (Wildman–Crippen MR) is 97.7 cm³/mol. The minimum Gasteiger partial charge on any atom is -0.326 e. The maximum Gasteiger partial charge on any atom is 0.251 e. The summed E-state index contributed by atoms with van der Waals surface area (Å²) in [4.78, 5) is 36.3. The van der Waals surface area contributed by atoms with Crippen LogP contribution in [-0.2, 0) is 16.0 Å². The zero-order chi connectivity index (χ0) is 17.6. The summed E-state index contributed by atoms with van der Waals surface area (Å²) >= 11 is 1.21. The Hall–Kier alpha value is -2.74. The van der Waals surface area contributed by atoms with Crippen molar-refractivity contribution in [3.8, 4) is 0 Å². The maximum absolute atomic E-state index is 12.2. The summed E-state index contributed by atoms with van der Waals surface area (Å²) in [6, 6.07) is 9.34. The molecule has 1 aromatic heterocycles. The van der Waals surface area contributed by atoms with Crippen molar-refractivity contribution in [1.29, 1.82) is 0 Å². The third kappa shape index (κ3) is 4.63. The summed E-state index contributed by atoms with van der Waals surface area (Å²) in [7, 11) is 0. The van der Waals surface area contributed by atoms with Crippen molar-refractivity contribution in [3.63, 3.8) is 0 Å². The topological polar surface area (TPSA) is 96.3 Å². The number of benzene rings is 1. The molecular weight excluding hydrogens is 338 g/mol. The lowest BCUT2D eigenvalue weighted by Crippen LogP contribution is -2.28. The van der Waals surface area contributed by atoms with Gasteiger partial charge in [0.15, 0.2) is 5.17 Å². The number of nitrogens with one attached hydrogen (secondary N) is 2. The normalized spacial score (nSPS) is 18.2. The average Bonchev–Trinajstić information content (AvgIpc) is 2.95. The number of aryl methyl sites for hydroxylation is 1. The molecule has 0 saturated carbocycles. The van der Waals surface area contributed by atoms with Gasteiger partial charge in [-0.15, -0.1) is 0 Å². The number of hydrogen-bond acceptors (Lipinski definition) is 6. The van der Waals surface area contributed by atoms with Crippen molar-refractivity contribution in [2.24, 2.45) is 4.99 Å². The molecule has 1 unspecified atom stereocenters. The molecule has 1 aromatic carbocycles. The van der Waals surface area contributed by atoms with E-state index in [4.69, 9.17) is 0 Å². The van der Waals surface area contributed by atoms with Crippen molar-refractivity contribution >= 4 is 40.4 Å². The molecule has 3 rings (SSSR count). The number of aliphatic imine (C=N–C) groups is 1. The first kappa shape index (κ1) is 17.1. The summed E-state index contributed by atoms with van der Waals surface area (Å²) in [5, 5.41) is 5.35. The first-order chi connectivity index (χ1) is 12.1. The lowest BCUT2D eigenvalue weighted by Gasteiger charge is -2.08. The lowest BCUT2D eigenvalue weighted by molar-refractivity contribution is -0.122. The van der Waals surface area contributed by atoms with Gasteiger partial charge in [-0.2, -0.15) is 4.99 Å². The van der Waals surface area contributed by atoms with E-state index < -0.39 is 5.25 Å². The lowest BCUT2D eigenvalue weighted by atomic mass is 10.1. The molecule has 1 aliphatic heterocycles. The van der Waals surface area contributed by atoms with Crippen LogP contribution in [0.4, 0.5) is 11.6 Å². The van der Waals surface area contributed by atoms with Crippen LogP contribution in [0.5, 0.6) is 0 Å². The van der Waals surface area contributed by atoms with Crippen LogP contribution in [-0.4, -0.2) is 32.2 Å². The second kappa shape index (κ2) is 7.89. The van der Waals surface area contributed by atoms with Crippen molar-refractivity contribution in [1.82, 2.24) is 15.3 Å². The van der Waals surface area contributed by atoms with E-state index in [0.29, 0.717) is 5.17 Å². The third-order valence-electron chi connectivity index (χ3n) is 3.55. The number of amidine groups is 1. The SMILES string of the molecule is CCc1ccc(NC(=O)CC2S/C(=N\c3ncccn3)NC2=O)cc1. The van der Waals surface area contributed by atoms with Crippen LogP contribution in [0.25, 0.3) is 0 Å². The largest absolute Gasteiger partial charge is 0.326 e. The highest BCUT2D eigenvalue weighted by Crippen LogP contribution is 2.24. The third-order valence-corrected chi connectivity index (χ3v) is 4.63. The highest BCUT2D eigenvalue weighted by atomic mass is 32.2. The number of carbonyl (C=O) groups is 2. The Kier molecular flexibility index (Phi) is 5.39. The molecule has 1 aliphatic rings. The van der Waals surface area contributed by atoms with E-state index >= 15 is 0 Å². The Morgan fingerprint density at radius 1 is 1.28 bits per heavy atom. The van der Waals surface area contributed by atoms with E-state index in [1.807, 2.05) is 24.3 Å². The van der Waals surface area contributed by atoms with E-state index in [9.17, 15) is 9.59 Å². The summed E-state index contributed by atoms with van der Waals surface area (Å²) in [5.41, 5.74) is 1.92. The molecule has 128 valence electrons. The number of anilines is 1. The molecule has 0 bridgehead atoms. The van der Waals surface area contributed by atoms with E-state index in [2.05, 4.69) is 32.5 Å². The van der Waals surface area contributed by atoms with Crippen LogP contribution >= 0.6 is 11.8 Å². The van der Waals surface area contributed by atoms with Crippen LogP contribution in [0.15, 0.2) is 47.7 Å². The molecule has 25 heavy (non-hydrogen) atoms. The first-order valence-electron chi connectivity index (χ1n) is 7.86. The van der Waals surface area contributed by atoms with Crippen molar-refractivity contribution in [2.45, 2.75) is 25.0 Å². The number of carbonyl (C=O) groups excluding carboxylic acids is 2. The summed E-state index contributed by atoms with van der Waals surface area (Å²) in [6.45, 7) is 2.07. The number of thioether (sulfide) groups is 1. The number of amides is 2. The van der Waals surface area contributed by atoms with Crippen molar-refractivity contribution in [2.75, 3.05) is 5.32 Å². The van der Waals surface area contributed by atoms with Gasteiger partial charge in [0.2, 0.25) is 11.8 Å². The summed E-state index contributed by atoms with van der Waals surface area (Å²) in [6.07, 6.45) is 4.16. The van der Waals surface area contributed by atoms with E-state index in [0.717, 1.165) is 12.1 Å². The number of aromatic nitrogens is 2. The summed E-state index contributed by atoms with van der Waals surface area (Å²) in [5.74, 6) is -0.184. The summed E-state index contributed by atoms with van der Waals surface area (Å²) < 4.78 is 0. The van der Waals surface area contributed by atoms with Crippen molar-refractivity contribution < 1.29 is 9.59 Å². The Bertz CT molecular complexity index is 792. The van der Waals surface area contributed by atoms with Gasteiger partial charge in [0.1, 0.15) is 5.25 Å². The molecule has 2 N–H and O–H groups in total. The minimum absolute atomic E-state index is 0.0701. The molecule has 2 heterocycles. The van der Waals surface area contributed by atoms with Crippen LogP contribution in [0.2, 0.25) is 0 Å². The van der Waals surface area contributed by atoms with Gasteiger partial charge in [-0.05, 0) is 30.2 Å². The number of hydrogen-bond donors (Lipinski definition) is 2. The molecule has 2 amide bonds. The van der Waals surface area contributed by atoms with Crippen LogP contribution < -0.4 is 10.6 Å². The quantitative estimate of drug-likeness (QED) is 0.858. The van der Waals surface area contributed by atoms with Crippen LogP contribution in [0, 0.1) is 0 Å². The fourth-order valence-electron chi connectivity index (χ4n) is 2.24. The van der Waals surface area contributed by atoms with Crippen LogP contribution in [0.3, 0.4) is 0 Å². The first-order valence-corrected chi connectivity index (χ1v) is 8.74. The Morgan fingerprint density at radius 2 is 2.00 bits per heavy atom. The average molecular weight is 355 g/mol.